The van der Waals surface area contributed by atoms with Gasteiger partial charge in [-0.25, -0.2) is 19.3 Å². The molecule has 4 aromatic heterocycles. The molecule has 0 radical (unpaired) electrons. The minimum atomic E-state index is -0.543. The van der Waals surface area contributed by atoms with Crippen LogP contribution in [-0.2, 0) is 11.8 Å². The van der Waals surface area contributed by atoms with Crippen molar-refractivity contribution in [3.8, 4) is 17.0 Å². The van der Waals surface area contributed by atoms with Gasteiger partial charge in [0, 0.05) is 44.5 Å². The zero-order chi connectivity index (χ0) is 28.6. The maximum absolute atomic E-state index is 12.5. The molecule has 0 saturated carbocycles. The highest BCUT2D eigenvalue weighted by Crippen LogP contribution is 2.32. The van der Waals surface area contributed by atoms with Gasteiger partial charge >= 0.3 is 6.09 Å². The highest BCUT2D eigenvalue weighted by atomic mass is 16.6. The minimum Gasteiger partial charge on any atom is -0.487 e. The Bertz CT molecular complexity index is 1570. The summed E-state index contributed by atoms with van der Waals surface area (Å²) in [4.78, 5) is 34.7. The van der Waals surface area contributed by atoms with E-state index in [1.165, 1.54) is 0 Å². The normalized spacial score (nSPS) is 15.1. The highest BCUT2D eigenvalue weighted by Gasteiger charge is 2.36. The molecule has 0 bridgehead atoms. The molecule has 5 heterocycles. The van der Waals surface area contributed by atoms with Crippen molar-refractivity contribution in [1.82, 2.24) is 39.6 Å². The number of fused-ring (bicyclic) bond motifs is 1. The first-order valence-corrected chi connectivity index (χ1v) is 13.0. The van der Waals surface area contributed by atoms with Gasteiger partial charge < -0.3 is 25.0 Å². The predicted octanol–water partition coefficient (Wildman–Crippen LogP) is 3.32. The van der Waals surface area contributed by atoms with Crippen molar-refractivity contribution in [2.75, 3.05) is 25.5 Å². The number of carbonyl (C=O) groups excluding carboxylic acids is 2. The third-order valence-corrected chi connectivity index (χ3v) is 6.40. The van der Waals surface area contributed by atoms with Crippen LogP contribution >= 0.6 is 0 Å². The molecule has 5 rings (SSSR count). The van der Waals surface area contributed by atoms with E-state index in [-0.39, 0.29) is 23.7 Å². The first-order valence-electron chi connectivity index (χ1n) is 13.0. The SMILES string of the molecule is CNC(=O)c1cc(Nc2cc3cc(-c4c(OCC5CCN5C(=O)OC(C)(C)C)cnn4C)ccn3n2)nc(C)n1. The van der Waals surface area contributed by atoms with Gasteiger partial charge in [0.2, 0.25) is 0 Å². The van der Waals surface area contributed by atoms with Gasteiger partial charge in [0.05, 0.1) is 17.8 Å². The Labute approximate surface area is 231 Å². The van der Waals surface area contributed by atoms with Gasteiger partial charge in [-0.1, -0.05) is 0 Å². The van der Waals surface area contributed by atoms with E-state index in [0.717, 1.165) is 23.2 Å². The van der Waals surface area contributed by atoms with Crippen LogP contribution in [-0.4, -0.2) is 78.1 Å². The molecule has 1 aliphatic rings. The molecule has 13 nitrogen and oxygen atoms in total. The summed E-state index contributed by atoms with van der Waals surface area (Å²) in [6, 6.07) is 7.32. The summed E-state index contributed by atoms with van der Waals surface area (Å²) >= 11 is 0. The molecule has 1 saturated heterocycles. The Balaban J connectivity index is 1.32. The van der Waals surface area contributed by atoms with Crippen LogP contribution in [0.2, 0.25) is 0 Å². The molecule has 1 aliphatic heterocycles. The Hall–Kier alpha value is -4.68. The van der Waals surface area contributed by atoms with Crippen molar-refractivity contribution in [3.05, 3.63) is 48.2 Å². The zero-order valence-corrected chi connectivity index (χ0v) is 23.4. The molecule has 0 aromatic carbocycles. The van der Waals surface area contributed by atoms with Gasteiger partial charge in [0.15, 0.2) is 11.6 Å². The number of ether oxygens (including phenoxy) is 2. The average molecular weight is 548 g/mol. The third kappa shape index (κ3) is 5.67. The van der Waals surface area contributed by atoms with E-state index in [1.54, 1.807) is 40.3 Å². The molecule has 0 aliphatic carbocycles. The summed E-state index contributed by atoms with van der Waals surface area (Å²) in [6.45, 7) is 8.29. The highest BCUT2D eigenvalue weighted by molar-refractivity contribution is 5.92. The quantitative estimate of drug-likeness (QED) is 0.356. The second-order valence-electron chi connectivity index (χ2n) is 10.6. The van der Waals surface area contributed by atoms with Crippen molar-refractivity contribution in [1.29, 1.82) is 0 Å². The fraction of sp³-hybridized carbons (Fsp3) is 0.407. The third-order valence-electron chi connectivity index (χ3n) is 6.40. The van der Waals surface area contributed by atoms with E-state index < -0.39 is 5.60 Å². The predicted molar refractivity (Wildman–Crippen MR) is 148 cm³/mol. The maximum Gasteiger partial charge on any atom is 0.410 e. The lowest BCUT2D eigenvalue weighted by Crippen LogP contribution is -2.55. The van der Waals surface area contributed by atoms with Gasteiger partial charge in [0.25, 0.3) is 5.91 Å². The summed E-state index contributed by atoms with van der Waals surface area (Å²) in [6.07, 6.45) is 4.06. The first-order chi connectivity index (χ1) is 19.0. The van der Waals surface area contributed by atoms with Crippen LogP contribution in [0.15, 0.2) is 36.7 Å². The van der Waals surface area contributed by atoms with Crippen molar-refractivity contribution >= 4 is 29.2 Å². The van der Waals surface area contributed by atoms with Crippen LogP contribution in [0.4, 0.5) is 16.4 Å². The van der Waals surface area contributed by atoms with Crippen LogP contribution < -0.4 is 15.4 Å². The molecule has 2 N–H and O–H groups in total. The van der Waals surface area contributed by atoms with E-state index in [0.29, 0.717) is 36.4 Å². The number of rotatable bonds is 7. The Morgan fingerprint density at radius 2 is 1.95 bits per heavy atom. The molecular formula is C27H33N9O4. The lowest BCUT2D eigenvalue weighted by molar-refractivity contribution is -0.0141. The monoisotopic (exact) mass is 547 g/mol. The summed E-state index contributed by atoms with van der Waals surface area (Å²) in [5, 5.41) is 14.7. The van der Waals surface area contributed by atoms with Crippen LogP contribution in [0.5, 0.6) is 5.75 Å². The van der Waals surface area contributed by atoms with Crippen molar-refractivity contribution in [2.24, 2.45) is 7.05 Å². The summed E-state index contributed by atoms with van der Waals surface area (Å²) in [5.41, 5.74) is 2.26. The zero-order valence-electron chi connectivity index (χ0n) is 23.4. The number of hydrogen-bond donors (Lipinski definition) is 2. The first kappa shape index (κ1) is 26.9. The largest absolute Gasteiger partial charge is 0.487 e. The number of anilines is 2. The Kier molecular flexibility index (Phi) is 7.04. The van der Waals surface area contributed by atoms with Crippen LogP contribution in [0.3, 0.4) is 0 Å². The summed E-state index contributed by atoms with van der Waals surface area (Å²) < 4.78 is 15.2. The second-order valence-corrected chi connectivity index (χ2v) is 10.6. The molecule has 2 amide bonds. The molecule has 40 heavy (non-hydrogen) atoms. The second kappa shape index (κ2) is 10.5. The maximum atomic E-state index is 12.5. The number of carbonyl (C=O) groups is 2. The minimum absolute atomic E-state index is 0.0526. The van der Waals surface area contributed by atoms with Crippen LogP contribution in [0, 0.1) is 6.92 Å². The van der Waals surface area contributed by atoms with E-state index in [4.69, 9.17) is 9.47 Å². The Morgan fingerprint density at radius 3 is 2.65 bits per heavy atom. The molecule has 1 atom stereocenters. The number of likely N-dealkylation sites (tertiary alicyclic amines) is 1. The average Bonchev–Trinajstić information content (AvgIpc) is 3.42. The van der Waals surface area contributed by atoms with Gasteiger partial charge in [-0.3, -0.25) is 9.48 Å². The molecule has 4 aromatic rings. The number of hydrogen-bond acceptors (Lipinski definition) is 9. The molecule has 210 valence electrons. The van der Waals surface area contributed by atoms with Crippen molar-refractivity contribution < 1.29 is 19.1 Å². The molecule has 1 fully saturated rings. The molecular weight excluding hydrogens is 514 g/mol. The van der Waals surface area contributed by atoms with Crippen LogP contribution in [0.25, 0.3) is 16.8 Å². The smallest absolute Gasteiger partial charge is 0.410 e. The molecule has 0 spiro atoms. The fourth-order valence-corrected chi connectivity index (χ4v) is 4.42. The topological polar surface area (TPSA) is 141 Å². The summed E-state index contributed by atoms with van der Waals surface area (Å²) in [5.74, 6) is 1.82. The number of aryl methyl sites for hydroxylation is 2. The molecule has 1 unspecified atom stereocenters. The van der Waals surface area contributed by atoms with Crippen LogP contribution in [0.1, 0.15) is 43.5 Å². The van der Waals surface area contributed by atoms with Gasteiger partial charge in [0.1, 0.15) is 35.2 Å². The summed E-state index contributed by atoms with van der Waals surface area (Å²) in [7, 11) is 3.41. The number of nitrogens with zero attached hydrogens (tertiary/aromatic N) is 7. The number of aromatic nitrogens is 6. The Morgan fingerprint density at radius 1 is 1.15 bits per heavy atom. The van der Waals surface area contributed by atoms with E-state index >= 15 is 0 Å². The lowest BCUT2D eigenvalue weighted by Gasteiger charge is -2.40. The van der Waals surface area contributed by atoms with Crippen molar-refractivity contribution in [3.63, 3.8) is 0 Å². The van der Waals surface area contributed by atoms with E-state index in [2.05, 4.69) is 30.8 Å². The lowest BCUT2D eigenvalue weighted by atomic mass is 10.1. The van der Waals surface area contributed by atoms with E-state index in [9.17, 15) is 9.59 Å². The number of pyridine rings is 1. The molecule has 13 heteroatoms. The fourth-order valence-electron chi connectivity index (χ4n) is 4.42. The van der Waals surface area contributed by atoms with Gasteiger partial charge in [-0.05, 0) is 46.2 Å². The van der Waals surface area contributed by atoms with Gasteiger partial charge in [-0.2, -0.15) is 10.2 Å². The number of nitrogens with one attached hydrogen (secondary N) is 2. The van der Waals surface area contributed by atoms with Gasteiger partial charge in [-0.15, -0.1) is 0 Å². The van der Waals surface area contributed by atoms with Crippen molar-refractivity contribution in [2.45, 2.75) is 45.8 Å². The van der Waals surface area contributed by atoms with E-state index in [1.807, 2.05) is 52.2 Å². The number of amides is 2. The standard InChI is InChI=1S/C27H33N9O4/c1-16-30-20(25(37)28-5)13-22(31-16)32-23-12-19-11-17(7-10-36(19)33-23)24-21(14-29-34(24)6)39-15-18-8-9-35(18)26(38)40-27(2,3)4/h7,10-14,18H,8-9,15H2,1-6H3,(H,28,37)(H,30,31,32,33).